The maximum Gasteiger partial charge on any atom is 0.303 e. The van der Waals surface area contributed by atoms with Gasteiger partial charge in [-0.1, -0.05) is 31.2 Å². The predicted molar refractivity (Wildman–Crippen MR) is 149 cm³/mol. The molecular weight excluding hydrogens is 498 g/mol. The van der Waals surface area contributed by atoms with E-state index in [1.54, 1.807) is 11.3 Å². The van der Waals surface area contributed by atoms with Crippen LogP contribution in [0.25, 0.3) is 21.3 Å². The number of carbonyl (C=O) groups is 2. The van der Waals surface area contributed by atoms with Gasteiger partial charge in [0, 0.05) is 53.7 Å². The monoisotopic (exact) mass is 531 g/mol. The lowest BCUT2D eigenvalue weighted by Crippen LogP contribution is -2.47. The number of rotatable bonds is 7. The molecule has 2 aromatic carbocycles. The Labute approximate surface area is 226 Å². The van der Waals surface area contributed by atoms with E-state index in [-0.39, 0.29) is 6.10 Å². The summed E-state index contributed by atoms with van der Waals surface area (Å²) in [6.45, 7) is 6.94. The fraction of sp³-hybridized carbons (Fsp3) is 0.355. The molecule has 0 radical (unpaired) electrons. The third-order valence-electron chi connectivity index (χ3n) is 7.12. The number of aryl methyl sites for hydroxylation is 1. The minimum Gasteiger partial charge on any atom is -0.458 e. The third-order valence-corrected chi connectivity index (χ3v) is 8.23. The lowest BCUT2D eigenvalue weighted by atomic mass is 9.86. The number of thiophene rings is 1. The SMILES string of the molecule is CC[C@@H]1C[C@H](OC(C)=O)[C@@H](OC(C)=O)[C@H](c2cc(Cc3cc4ccccc4s3)c(C)cc2-c2ccc[nH]2)O1. The first-order chi connectivity index (χ1) is 18.3. The molecule has 1 aliphatic heterocycles. The molecule has 0 amide bonds. The molecule has 198 valence electrons. The average molecular weight is 532 g/mol. The van der Waals surface area contributed by atoms with Crippen molar-refractivity contribution in [1.29, 1.82) is 0 Å². The van der Waals surface area contributed by atoms with Gasteiger partial charge in [-0.15, -0.1) is 11.3 Å². The molecule has 1 saturated heterocycles. The van der Waals surface area contributed by atoms with Crippen LogP contribution in [-0.2, 0) is 30.2 Å². The molecule has 0 spiro atoms. The molecule has 2 aromatic heterocycles. The highest BCUT2D eigenvalue weighted by Gasteiger charge is 2.44. The fourth-order valence-corrected chi connectivity index (χ4v) is 6.43. The van der Waals surface area contributed by atoms with E-state index in [4.69, 9.17) is 14.2 Å². The standard InChI is InChI=1S/C31H33NO5S/c1-5-23-17-28(35-19(3)33)31(36-20(4)34)30(37-23)26-16-22(18(2)13-25(26)27-10-8-12-32-27)15-24-14-21-9-6-7-11-29(21)38-24/h6-14,16,23,28,30-32H,5,15,17H2,1-4H3/t23-,28+,30+,31-/m1/s1. The van der Waals surface area contributed by atoms with Gasteiger partial charge in [0.05, 0.1) is 6.10 Å². The zero-order valence-electron chi connectivity index (χ0n) is 22.2. The summed E-state index contributed by atoms with van der Waals surface area (Å²) in [5, 5.41) is 1.24. The van der Waals surface area contributed by atoms with Crippen LogP contribution >= 0.6 is 11.3 Å². The second-order valence-electron chi connectivity index (χ2n) is 9.92. The number of fused-ring (bicyclic) bond motifs is 1. The van der Waals surface area contributed by atoms with Crippen molar-refractivity contribution in [1.82, 2.24) is 4.98 Å². The smallest absolute Gasteiger partial charge is 0.303 e. The number of aromatic amines is 1. The Balaban J connectivity index is 1.62. The summed E-state index contributed by atoms with van der Waals surface area (Å²) < 4.78 is 19.4. The first-order valence-electron chi connectivity index (χ1n) is 13.1. The number of H-pyrrole nitrogens is 1. The van der Waals surface area contributed by atoms with Gasteiger partial charge in [0.1, 0.15) is 12.2 Å². The van der Waals surface area contributed by atoms with E-state index in [1.807, 2.05) is 25.3 Å². The van der Waals surface area contributed by atoms with Gasteiger partial charge in [0.15, 0.2) is 6.10 Å². The van der Waals surface area contributed by atoms with Crippen molar-refractivity contribution in [3.63, 3.8) is 0 Å². The maximum absolute atomic E-state index is 12.2. The van der Waals surface area contributed by atoms with Crippen LogP contribution in [0.5, 0.6) is 0 Å². The molecule has 1 aliphatic rings. The molecule has 5 rings (SSSR count). The Hall–Kier alpha value is -3.42. The minimum absolute atomic E-state index is 0.139. The highest BCUT2D eigenvalue weighted by molar-refractivity contribution is 7.19. The van der Waals surface area contributed by atoms with Crippen molar-refractivity contribution in [2.24, 2.45) is 0 Å². The molecule has 1 fully saturated rings. The van der Waals surface area contributed by atoms with Crippen LogP contribution < -0.4 is 0 Å². The number of hydrogen-bond donors (Lipinski definition) is 1. The van der Waals surface area contributed by atoms with E-state index in [0.717, 1.165) is 29.7 Å². The zero-order chi connectivity index (χ0) is 26.8. The molecule has 3 heterocycles. The van der Waals surface area contributed by atoms with E-state index >= 15 is 0 Å². The summed E-state index contributed by atoms with van der Waals surface area (Å²) >= 11 is 1.80. The Morgan fingerprint density at radius 2 is 1.84 bits per heavy atom. The number of hydrogen-bond acceptors (Lipinski definition) is 6. The lowest BCUT2D eigenvalue weighted by molar-refractivity contribution is -0.208. The summed E-state index contributed by atoms with van der Waals surface area (Å²) in [4.78, 5) is 28.8. The average Bonchev–Trinajstić information content (AvgIpc) is 3.55. The molecule has 0 bridgehead atoms. The second-order valence-corrected chi connectivity index (χ2v) is 11.1. The van der Waals surface area contributed by atoms with Crippen molar-refractivity contribution in [3.8, 4) is 11.3 Å². The van der Waals surface area contributed by atoms with Crippen LogP contribution in [0.2, 0.25) is 0 Å². The summed E-state index contributed by atoms with van der Waals surface area (Å²) in [6, 6.07) is 19.0. The first-order valence-corrected chi connectivity index (χ1v) is 13.9. The molecular formula is C31H33NO5S. The number of aromatic nitrogens is 1. The largest absolute Gasteiger partial charge is 0.458 e. The Morgan fingerprint density at radius 3 is 2.53 bits per heavy atom. The Bertz CT molecular complexity index is 1410. The number of benzene rings is 2. The van der Waals surface area contributed by atoms with Gasteiger partial charge < -0.3 is 19.2 Å². The summed E-state index contributed by atoms with van der Waals surface area (Å²) in [5.74, 6) is -0.837. The van der Waals surface area contributed by atoms with E-state index in [1.165, 1.54) is 39.9 Å². The summed E-state index contributed by atoms with van der Waals surface area (Å²) in [7, 11) is 0. The van der Waals surface area contributed by atoms with Crippen LogP contribution in [0.4, 0.5) is 0 Å². The lowest BCUT2D eigenvalue weighted by Gasteiger charge is -2.41. The van der Waals surface area contributed by atoms with Crippen molar-refractivity contribution in [2.45, 2.75) is 71.4 Å². The third kappa shape index (κ3) is 5.54. The second kappa shape index (κ2) is 11.1. The summed E-state index contributed by atoms with van der Waals surface area (Å²) in [6.07, 6.45) is 1.81. The highest BCUT2D eigenvalue weighted by Crippen LogP contribution is 2.42. The van der Waals surface area contributed by atoms with Crippen molar-refractivity contribution in [2.75, 3.05) is 0 Å². The number of esters is 2. The van der Waals surface area contributed by atoms with Gasteiger partial charge in [-0.05, 0) is 65.8 Å². The number of nitrogens with one attached hydrogen (secondary N) is 1. The zero-order valence-corrected chi connectivity index (χ0v) is 23.0. The van der Waals surface area contributed by atoms with Gasteiger partial charge in [0.2, 0.25) is 0 Å². The van der Waals surface area contributed by atoms with Crippen LogP contribution in [0, 0.1) is 6.92 Å². The van der Waals surface area contributed by atoms with Crippen LogP contribution in [-0.4, -0.2) is 35.2 Å². The van der Waals surface area contributed by atoms with Crippen LogP contribution in [0.15, 0.2) is 60.8 Å². The van der Waals surface area contributed by atoms with Crippen molar-refractivity contribution < 1.29 is 23.8 Å². The molecule has 1 N–H and O–H groups in total. The fourth-order valence-electron chi connectivity index (χ4n) is 5.34. The van der Waals surface area contributed by atoms with Crippen molar-refractivity contribution in [3.05, 3.63) is 82.4 Å². The predicted octanol–water partition coefficient (Wildman–Crippen LogP) is 6.90. The van der Waals surface area contributed by atoms with Gasteiger partial charge in [-0.25, -0.2) is 0 Å². The van der Waals surface area contributed by atoms with Gasteiger partial charge in [-0.3, -0.25) is 9.59 Å². The first kappa shape index (κ1) is 26.2. The molecule has 6 nitrogen and oxygen atoms in total. The number of carbonyl (C=O) groups excluding carboxylic acids is 2. The molecule has 38 heavy (non-hydrogen) atoms. The highest BCUT2D eigenvalue weighted by atomic mass is 32.1. The quantitative estimate of drug-likeness (QED) is 0.263. The van der Waals surface area contributed by atoms with Gasteiger partial charge in [-0.2, -0.15) is 0 Å². The normalized spacial score (nSPS) is 21.4. The van der Waals surface area contributed by atoms with E-state index in [0.29, 0.717) is 6.42 Å². The van der Waals surface area contributed by atoms with Gasteiger partial charge >= 0.3 is 11.9 Å². The van der Waals surface area contributed by atoms with Gasteiger partial charge in [0.25, 0.3) is 0 Å². The Morgan fingerprint density at radius 1 is 1.05 bits per heavy atom. The van der Waals surface area contributed by atoms with Crippen LogP contribution in [0.3, 0.4) is 0 Å². The Kier molecular flexibility index (Phi) is 7.68. The minimum atomic E-state index is -0.757. The molecule has 4 aromatic rings. The maximum atomic E-state index is 12.2. The number of ether oxygens (including phenoxy) is 3. The molecule has 0 unspecified atom stereocenters. The topological polar surface area (TPSA) is 77.6 Å². The molecule has 0 aliphatic carbocycles. The summed E-state index contributed by atoms with van der Waals surface area (Å²) in [5.41, 5.74) is 5.18. The van der Waals surface area contributed by atoms with E-state index in [2.05, 4.69) is 54.4 Å². The van der Waals surface area contributed by atoms with E-state index < -0.39 is 30.3 Å². The van der Waals surface area contributed by atoms with Crippen molar-refractivity contribution >= 4 is 33.4 Å². The van der Waals surface area contributed by atoms with E-state index in [9.17, 15) is 9.59 Å². The molecule has 4 atom stereocenters. The van der Waals surface area contributed by atoms with Crippen LogP contribution in [0.1, 0.15) is 61.3 Å². The molecule has 0 saturated carbocycles. The molecule has 7 heteroatoms.